The molecular formula is C11H10Br2N4O2. The number of aromatic nitrogens is 3. The number of pyridine rings is 1. The molecule has 1 N–H and O–H groups in total. The maximum Gasteiger partial charge on any atom is 0.246 e. The number of rotatable bonds is 2. The average Bonchev–Trinajstić information content (AvgIpc) is 2.89. The van der Waals surface area contributed by atoms with Crippen molar-refractivity contribution < 1.29 is 9.26 Å². The van der Waals surface area contributed by atoms with Crippen LogP contribution in [0.5, 0.6) is 0 Å². The fourth-order valence-electron chi connectivity index (χ4n) is 1.78. The van der Waals surface area contributed by atoms with Crippen LogP contribution in [0.1, 0.15) is 11.9 Å². The van der Waals surface area contributed by atoms with Gasteiger partial charge in [-0.2, -0.15) is 4.98 Å². The highest BCUT2D eigenvalue weighted by molar-refractivity contribution is 9.11. The Bertz CT molecular complexity index is 584. The zero-order valence-electron chi connectivity index (χ0n) is 9.77. The van der Waals surface area contributed by atoms with Crippen molar-refractivity contribution in [3.8, 4) is 11.5 Å². The topological polar surface area (TPSA) is 73.1 Å². The van der Waals surface area contributed by atoms with Crippen molar-refractivity contribution in [1.82, 2.24) is 20.4 Å². The Labute approximate surface area is 126 Å². The second-order valence-corrected chi connectivity index (χ2v) is 5.79. The Balaban J connectivity index is 1.87. The van der Waals surface area contributed by atoms with E-state index in [0.29, 0.717) is 30.6 Å². The summed E-state index contributed by atoms with van der Waals surface area (Å²) in [5.74, 6) is 0.980. The summed E-state index contributed by atoms with van der Waals surface area (Å²) in [4.78, 5) is 8.64. The number of hydrogen-bond acceptors (Lipinski definition) is 6. The second-order valence-electron chi connectivity index (χ2n) is 4.02. The number of nitrogens with one attached hydrogen (secondary N) is 1. The Morgan fingerprint density at radius 3 is 3.00 bits per heavy atom. The Kier molecular flexibility index (Phi) is 3.92. The number of halogens is 2. The van der Waals surface area contributed by atoms with Gasteiger partial charge in [-0.25, -0.2) is 0 Å². The fraction of sp³-hybridized carbons (Fsp3) is 0.364. The molecule has 100 valence electrons. The number of nitrogens with zero attached hydrogens (tertiary/aromatic N) is 3. The molecule has 0 spiro atoms. The van der Waals surface area contributed by atoms with Gasteiger partial charge in [0.25, 0.3) is 0 Å². The zero-order chi connectivity index (χ0) is 13.2. The van der Waals surface area contributed by atoms with Crippen molar-refractivity contribution >= 4 is 31.9 Å². The lowest BCUT2D eigenvalue weighted by Gasteiger charge is -2.20. The van der Waals surface area contributed by atoms with E-state index in [9.17, 15) is 0 Å². The van der Waals surface area contributed by atoms with Crippen LogP contribution in [0.3, 0.4) is 0 Å². The minimum atomic E-state index is -0.0516. The lowest BCUT2D eigenvalue weighted by Crippen LogP contribution is -2.34. The van der Waals surface area contributed by atoms with E-state index in [4.69, 9.17) is 9.26 Å². The molecule has 19 heavy (non-hydrogen) atoms. The first-order valence-electron chi connectivity index (χ1n) is 5.70. The molecule has 0 bridgehead atoms. The van der Waals surface area contributed by atoms with Gasteiger partial charge in [0, 0.05) is 21.7 Å². The Morgan fingerprint density at radius 1 is 1.37 bits per heavy atom. The van der Waals surface area contributed by atoms with Crippen LogP contribution in [0.4, 0.5) is 0 Å². The molecule has 0 amide bonds. The molecular weight excluding hydrogens is 380 g/mol. The zero-order valence-corrected chi connectivity index (χ0v) is 12.9. The molecule has 3 heterocycles. The first-order chi connectivity index (χ1) is 9.24. The Morgan fingerprint density at radius 2 is 2.26 bits per heavy atom. The highest BCUT2D eigenvalue weighted by Gasteiger charge is 2.23. The van der Waals surface area contributed by atoms with Crippen LogP contribution in [0, 0.1) is 0 Å². The first kappa shape index (κ1) is 13.2. The average molecular weight is 390 g/mol. The minimum Gasteiger partial charge on any atom is -0.378 e. The van der Waals surface area contributed by atoms with E-state index < -0.39 is 0 Å². The Hall–Kier alpha value is -0.830. The van der Waals surface area contributed by atoms with Gasteiger partial charge in [-0.3, -0.25) is 4.98 Å². The molecule has 0 aliphatic carbocycles. The van der Waals surface area contributed by atoms with E-state index in [0.717, 1.165) is 15.5 Å². The van der Waals surface area contributed by atoms with Gasteiger partial charge in [-0.05, 0) is 37.9 Å². The van der Waals surface area contributed by atoms with Crippen LogP contribution in [0.15, 0.2) is 25.7 Å². The van der Waals surface area contributed by atoms with Gasteiger partial charge in [-0.1, -0.05) is 5.16 Å². The van der Waals surface area contributed by atoms with E-state index >= 15 is 0 Å². The molecule has 1 unspecified atom stereocenters. The highest BCUT2D eigenvalue weighted by Crippen LogP contribution is 2.27. The summed E-state index contributed by atoms with van der Waals surface area (Å²) in [6, 6.07) is 1.84. The van der Waals surface area contributed by atoms with Gasteiger partial charge >= 0.3 is 0 Å². The first-order valence-corrected chi connectivity index (χ1v) is 7.29. The van der Waals surface area contributed by atoms with Crippen molar-refractivity contribution in [3.63, 3.8) is 0 Å². The normalized spacial score (nSPS) is 19.6. The predicted molar refractivity (Wildman–Crippen MR) is 74.5 cm³/mol. The van der Waals surface area contributed by atoms with Crippen molar-refractivity contribution in [2.45, 2.75) is 6.04 Å². The molecule has 1 saturated heterocycles. The van der Waals surface area contributed by atoms with Crippen LogP contribution in [0.2, 0.25) is 0 Å². The third-order valence-electron chi connectivity index (χ3n) is 2.68. The summed E-state index contributed by atoms with van der Waals surface area (Å²) in [6.45, 7) is 2.02. The SMILES string of the molecule is Brc1cnc(-c2noc(C3COCCN3)n2)c(Br)c1. The van der Waals surface area contributed by atoms with E-state index in [1.807, 2.05) is 6.07 Å². The third-order valence-corrected chi connectivity index (χ3v) is 3.72. The molecule has 3 rings (SSSR count). The summed E-state index contributed by atoms with van der Waals surface area (Å²) >= 11 is 6.79. The van der Waals surface area contributed by atoms with E-state index in [2.05, 4.69) is 52.3 Å². The molecule has 0 aromatic carbocycles. The lowest BCUT2D eigenvalue weighted by atomic mass is 10.3. The van der Waals surface area contributed by atoms with Gasteiger partial charge in [0.2, 0.25) is 11.7 Å². The minimum absolute atomic E-state index is 0.0516. The van der Waals surface area contributed by atoms with Gasteiger partial charge < -0.3 is 14.6 Å². The van der Waals surface area contributed by atoms with Gasteiger partial charge in [0.15, 0.2) is 0 Å². The monoisotopic (exact) mass is 388 g/mol. The quantitative estimate of drug-likeness (QED) is 0.849. The van der Waals surface area contributed by atoms with Crippen molar-refractivity contribution in [2.75, 3.05) is 19.8 Å². The molecule has 1 aliphatic heterocycles. The molecule has 1 fully saturated rings. The number of morpholine rings is 1. The number of hydrogen-bond donors (Lipinski definition) is 1. The third kappa shape index (κ3) is 2.86. The molecule has 2 aromatic heterocycles. The van der Waals surface area contributed by atoms with Crippen LogP contribution < -0.4 is 5.32 Å². The second kappa shape index (κ2) is 5.66. The molecule has 1 aliphatic rings. The lowest BCUT2D eigenvalue weighted by molar-refractivity contribution is 0.0659. The van der Waals surface area contributed by atoms with Crippen molar-refractivity contribution in [1.29, 1.82) is 0 Å². The summed E-state index contributed by atoms with van der Waals surface area (Å²) in [5, 5.41) is 7.23. The van der Waals surface area contributed by atoms with E-state index in [-0.39, 0.29) is 6.04 Å². The van der Waals surface area contributed by atoms with Crippen LogP contribution in [-0.2, 0) is 4.74 Å². The smallest absolute Gasteiger partial charge is 0.246 e. The summed E-state index contributed by atoms with van der Waals surface area (Å²) in [7, 11) is 0. The fourth-order valence-corrected chi connectivity index (χ4v) is 2.94. The highest BCUT2D eigenvalue weighted by atomic mass is 79.9. The van der Waals surface area contributed by atoms with E-state index in [1.54, 1.807) is 6.20 Å². The maximum atomic E-state index is 5.37. The van der Waals surface area contributed by atoms with Gasteiger partial charge in [0.05, 0.1) is 13.2 Å². The largest absolute Gasteiger partial charge is 0.378 e. The van der Waals surface area contributed by atoms with Crippen LogP contribution >= 0.6 is 31.9 Å². The summed E-state index contributed by atoms with van der Waals surface area (Å²) in [5.41, 5.74) is 0.648. The van der Waals surface area contributed by atoms with Gasteiger partial charge in [-0.15, -0.1) is 0 Å². The van der Waals surface area contributed by atoms with Crippen molar-refractivity contribution in [2.24, 2.45) is 0 Å². The molecule has 6 nitrogen and oxygen atoms in total. The molecule has 1 atom stereocenters. The van der Waals surface area contributed by atoms with Gasteiger partial charge in [0.1, 0.15) is 11.7 Å². The molecule has 2 aromatic rings. The van der Waals surface area contributed by atoms with E-state index in [1.165, 1.54) is 0 Å². The van der Waals surface area contributed by atoms with Crippen molar-refractivity contribution in [3.05, 3.63) is 27.1 Å². The number of ether oxygens (including phenoxy) is 1. The maximum absolute atomic E-state index is 5.37. The standard InChI is InChI=1S/C11H10Br2N4O2/c12-6-3-7(13)9(15-4-6)10-16-11(19-17-10)8-5-18-2-1-14-8/h3-4,8,14H,1-2,5H2. The predicted octanol–water partition coefficient (Wildman–Crippen LogP) is 2.32. The summed E-state index contributed by atoms with van der Waals surface area (Å²) < 4.78 is 12.3. The van der Waals surface area contributed by atoms with Crippen LogP contribution in [0.25, 0.3) is 11.5 Å². The molecule has 0 saturated carbocycles. The summed E-state index contributed by atoms with van der Waals surface area (Å²) in [6.07, 6.45) is 1.69. The molecule has 0 radical (unpaired) electrons. The molecule has 8 heteroatoms. The van der Waals surface area contributed by atoms with Crippen LogP contribution in [-0.4, -0.2) is 34.9 Å².